The molecule has 3 N–H and O–H groups in total. The van der Waals surface area contributed by atoms with Gasteiger partial charge in [0.25, 0.3) is 0 Å². The van der Waals surface area contributed by atoms with Gasteiger partial charge >= 0.3 is 0 Å². The van der Waals surface area contributed by atoms with E-state index in [4.69, 9.17) is 5.73 Å². The zero-order valence-corrected chi connectivity index (χ0v) is 11.9. The van der Waals surface area contributed by atoms with Crippen molar-refractivity contribution in [3.05, 3.63) is 0 Å². The number of hydrogen-bond acceptors (Lipinski definition) is 3. The Bertz CT molecular complexity index is 241. The van der Waals surface area contributed by atoms with Crippen molar-refractivity contribution in [1.82, 2.24) is 4.90 Å². The van der Waals surface area contributed by atoms with Crippen molar-refractivity contribution in [3.63, 3.8) is 0 Å². The molecule has 2 aliphatic carbocycles. The van der Waals surface area contributed by atoms with E-state index in [1.165, 1.54) is 44.9 Å². The smallest absolute Gasteiger partial charge is 0.0558 e. The second-order valence-corrected chi connectivity index (χ2v) is 6.50. The molecule has 0 aliphatic heterocycles. The Morgan fingerprint density at radius 2 is 1.89 bits per heavy atom. The lowest BCUT2D eigenvalue weighted by molar-refractivity contribution is 0.104. The van der Waals surface area contributed by atoms with Crippen molar-refractivity contribution in [2.45, 2.75) is 64.0 Å². The van der Waals surface area contributed by atoms with Crippen molar-refractivity contribution >= 4 is 0 Å². The van der Waals surface area contributed by atoms with E-state index in [9.17, 15) is 5.11 Å². The SMILES string of the molecule is CC1CCC(N)C(CN(CCO)C2CCCC2)C1. The van der Waals surface area contributed by atoms with Gasteiger partial charge in [0.15, 0.2) is 0 Å². The molecule has 18 heavy (non-hydrogen) atoms. The molecule has 0 aromatic carbocycles. The average molecular weight is 254 g/mol. The first kappa shape index (κ1) is 14.3. The maximum Gasteiger partial charge on any atom is 0.0558 e. The van der Waals surface area contributed by atoms with Crippen LogP contribution in [0.4, 0.5) is 0 Å². The van der Waals surface area contributed by atoms with Gasteiger partial charge in [0.2, 0.25) is 0 Å². The predicted octanol–water partition coefficient (Wildman–Crippen LogP) is 1.99. The Balaban J connectivity index is 1.89. The standard InChI is InChI=1S/C15H30N2O/c1-12-6-7-15(16)13(10-12)11-17(8-9-18)14-4-2-3-5-14/h12-15,18H,2-11,16H2,1H3. The Hall–Kier alpha value is -0.120. The van der Waals surface area contributed by atoms with Gasteiger partial charge in [-0.05, 0) is 43.9 Å². The third-order valence-electron chi connectivity index (χ3n) is 5.00. The lowest BCUT2D eigenvalue weighted by Crippen LogP contribution is -2.46. The van der Waals surface area contributed by atoms with E-state index >= 15 is 0 Å². The maximum atomic E-state index is 9.27. The molecule has 2 fully saturated rings. The quantitative estimate of drug-likeness (QED) is 0.789. The van der Waals surface area contributed by atoms with Crippen molar-refractivity contribution in [2.24, 2.45) is 17.6 Å². The molecule has 0 amide bonds. The van der Waals surface area contributed by atoms with Crippen LogP contribution in [0.2, 0.25) is 0 Å². The van der Waals surface area contributed by atoms with Gasteiger partial charge in [-0.3, -0.25) is 4.90 Å². The van der Waals surface area contributed by atoms with Crippen molar-refractivity contribution in [3.8, 4) is 0 Å². The largest absolute Gasteiger partial charge is 0.395 e. The van der Waals surface area contributed by atoms with Crippen LogP contribution in [-0.4, -0.2) is 41.8 Å². The van der Waals surface area contributed by atoms with Crippen molar-refractivity contribution < 1.29 is 5.11 Å². The van der Waals surface area contributed by atoms with Crippen LogP contribution in [-0.2, 0) is 0 Å². The van der Waals surface area contributed by atoms with Gasteiger partial charge in [-0.2, -0.15) is 0 Å². The summed E-state index contributed by atoms with van der Waals surface area (Å²) in [6.45, 7) is 4.58. The van der Waals surface area contributed by atoms with E-state index in [0.29, 0.717) is 18.0 Å². The summed E-state index contributed by atoms with van der Waals surface area (Å²) in [7, 11) is 0. The van der Waals surface area contributed by atoms with Gasteiger partial charge < -0.3 is 10.8 Å². The maximum absolute atomic E-state index is 9.27. The molecule has 0 saturated heterocycles. The number of rotatable bonds is 5. The lowest BCUT2D eigenvalue weighted by atomic mass is 9.79. The normalized spacial score (nSPS) is 34.3. The Morgan fingerprint density at radius 1 is 1.17 bits per heavy atom. The molecule has 0 spiro atoms. The summed E-state index contributed by atoms with van der Waals surface area (Å²) in [5.41, 5.74) is 6.30. The van der Waals surface area contributed by atoms with Crippen LogP contribution in [0.3, 0.4) is 0 Å². The summed E-state index contributed by atoms with van der Waals surface area (Å²) in [6, 6.07) is 1.09. The lowest BCUT2D eigenvalue weighted by Gasteiger charge is -2.38. The minimum Gasteiger partial charge on any atom is -0.395 e. The van der Waals surface area contributed by atoms with Gasteiger partial charge in [0, 0.05) is 25.2 Å². The number of nitrogens with two attached hydrogens (primary N) is 1. The highest BCUT2D eigenvalue weighted by molar-refractivity contribution is 4.86. The molecular weight excluding hydrogens is 224 g/mol. The number of hydrogen-bond donors (Lipinski definition) is 2. The summed E-state index contributed by atoms with van der Waals surface area (Å²) in [4.78, 5) is 2.52. The third kappa shape index (κ3) is 3.69. The molecular formula is C15H30N2O. The highest BCUT2D eigenvalue weighted by atomic mass is 16.3. The Morgan fingerprint density at radius 3 is 2.56 bits per heavy atom. The fraction of sp³-hybridized carbons (Fsp3) is 1.00. The van der Waals surface area contributed by atoms with E-state index in [-0.39, 0.29) is 6.61 Å². The molecule has 3 atom stereocenters. The molecule has 3 unspecified atom stereocenters. The van der Waals surface area contributed by atoms with Gasteiger partial charge in [0.1, 0.15) is 0 Å². The van der Waals surface area contributed by atoms with E-state index in [1.807, 2.05) is 0 Å². The summed E-state index contributed by atoms with van der Waals surface area (Å²) in [5, 5.41) is 9.27. The monoisotopic (exact) mass is 254 g/mol. The molecule has 2 aliphatic rings. The van der Waals surface area contributed by atoms with E-state index in [2.05, 4.69) is 11.8 Å². The second kappa shape index (κ2) is 6.88. The number of nitrogens with zero attached hydrogens (tertiary/aromatic N) is 1. The first-order valence-corrected chi connectivity index (χ1v) is 7.81. The molecule has 2 saturated carbocycles. The van der Waals surface area contributed by atoms with Crippen LogP contribution < -0.4 is 5.73 Å². The molecule has 0 aromatic rings. The Kier molecular flexibility index (Phi) is 5.46. The zero-order valence-electron chi connectivity index (χ0n) is 11.9. The van der Waals surface area contributed by atoms with Crippen LogP contribution >= 0.6 is 0 Å². The minimum atomic E-state index is 0.286. The molecule has 0 heterocycles. The van der Waals surface area contributed by atoms with E-state index in [1.54, 1.807) is 0 Å². The van der Waals surface area contributed by atoms with Gasteiger partial charge in [-0.25, -0.2) is 0 Å². The fourth-order valence-corrected chi connectivity index (χ4v) is 3.85. The van der Waals surface area contributed by atoms with Crippen molar-refractivity contribution in [2.75, 3.05) is 19.7 Å². The molecule has 0 aromatic heterocycles. The van der Waals surface area contributed by atoms with Gasteiger partial charge in [0.05, 0.1) is 6.61 Å². The molecule has 2 rings (SSSR count). The highest BCUT2D eigenvalue weighted by Gasteiger charge is 2.30. The fourth-order valence-electron chi connectivity index (χ4n) is 3.85. The average Bonchev–Trinajstić information content (AvgIpc) is 2.87. The summed E-state index contributed by atoms with van der Waals surface area (Å²) < 4.78 is 0. The van der Waals surface area contributed by atoms with Gasteiger partial charge in [-0.1, -0.05) is 19.8 Å². The van der Waals surface area contributed by atoms with Crippen LogP contribution in [0.25, 0.3) is 0 Å². The summed E-state index contributed by atoms with van der Waals surface area (Å²) in [6.07, 6.45) is 9.11. The molecule has 0 radical (unpaired) electrons. The van der Waals surface area contributed by atoms with Gasteiger partial charge in [-0.15, -0.1) is 0 Å². The second-order valence-electron chi connectivity index (χ2n) is 6.50. The van der Waals surface area contributed by atoms with Crippen molar-refractivity contribution in [1.29, 1.82) is 0 Å². The van der Waals surface area contributed by atoms with Crippen LogP contribution in [0.1, 0.15) is 51.9 Å². The molecule has 106 valence electrons. The van der Waals surface area contributed by atoms with E-state index < -0.39 is 0 Å². The minimum absolute atomic E-state index is 0.286. The Labute approximate surface area is 112 Å². The molecule has 3 nitrogen and oxygen atoms in total. The van der Waals surface area contributed by atoms with Crippen LogP contribution in [0, 0.1) is 11.8 Å². The van der Waals surface area contributed by atoms with E-state index in [0.717, 1.165) is 19.0 Å². The van der Waals surface area contributed by atoms with Crippen LogP contribution in [0.5, 0.6) is 0 Å². The summed E-state index contributed by atoms with van der Waals surface area (Å²) in [5.74, 6) is 1.47. The first-order chi connectivity index (χ1) is 8.70. The third-order valence-corrected chi connectivity index (χ3v) is 5.00. The van der Waals surface area contributed by atoms with Crippen LogP contribution in [0.15, 0.2) is 0 Å². The topological polar surface area (TPSA) is 49.5 Å². The first-order valence-electron chi connectivity index (χ1n) is 7.81. The molecule has 3 heteroatoms. The zero-order chi connectivity index (χ0) is 13.0. The number of aliphatic hydroxyl groups is 1. The molecule has 0 bridgehead atoms. The predicted molar refractivity (Wildman–Crippen MR) is 75.4 cm³/mol. The highest BCUT2D eigenvalue weighted by Crippen LogP contribution is 2.31. The summed E-state index contributed by atoms with van der Waals surface area (Å²) >= 11 is 0. The number of aliphatic hydroxyl groups excluding tert-OH is 1.